The van der Waals surface area contributed by atoms with Crippen LogP contribution in [0.15, 0.2) is 36.4 Å². The maximum atomic E-state index is 13.4. The highest BCUT2D eigenvalue weighted by Gasteiger charge is 2.45. The van der Waals surface area contributed by atoms with Gasteiger partial charge in [0.2, 0.25) is 10.0 Å². The molecule has 4 aliphatic rings. The van der Waals surface area contributed by atoms with E-state index in [9.17, 15) is 18.3 Å². The third-order valence-electron chi connectivity index (χ3n) is 11.1. The fraction of sp³-hybridized carbons (Fsp3) is 0.618. The van der Waals surface area contributed by atoms with Crippen LogP contribution >= 0.6 is 11.6 Å². The summed E-state index contributed by atoms with van der Waals surface area (Å²) in [6, 6.07) is 11.5. The van der Waals surface area contributed by atoms with Crippen LogP contribution in [0.3, 0.4) is 0 Å². The number of amides is 1. The molecule has 7 nitrogen and oxygen atoms in total. The van der Waals surface area contributed by atoms with Crippen LogP contribution in [0, 0.1) is 23.7 Å². The number of nitrogens with one attached hydrogen (secondary N) is 1. The molecule has 9 heteroatoms. The lowest BCUT2D eigenvalue weighted by Gasteiger charge is -2.47. The van der Waals surface area contributed by atoms with Gasteiger partial charge in [0.05, 0.1) is 23.6 Å². The summed E-state index contributed by atoms with van der Waals surface area (Å²) < 4.78 is 35.5. The van der Waals surface area contributed by atoms with Crippen LogP contribution in [-0.4, -0.2) is 50.5 Å². The number of aryl methyl sites for hydroxylation is 1. The lowest BCUT2D eigenvalue weighted by atomic mass is 9.64. The van der Waals surface area contributed by atoms with Crippen LogP contribution in [0.2, 0.25) is 5.02 Å². The normalized spacial score (nSPS) is 33.2. The zero-order chi connectivity index (χ0) is 30.5. The van der Waals surface area contributed by atoms with E-state index in [1.54, 1.807) is 13.0 Å². The Bertz CT molecular complexity index is 1480. The van der Waals surface area contributed by atoms with Crippen LogP contribution < -0.4 is 14.4 Å². The van der Waals surface area contributed by atoms with E-state index >= 15 is 0 Å². The Morgan fingerprint density at radius 1 is 1.09 bits per heavy atom. The van der Waals surface area contributed by atoms with E-state index in [1.807, 2.05) is 32.0 Å². The minimum Gasteiger partial charge on any atom is -0.490 e. The second-order valence-corrected chi connectivity index (χ2v) is 16.3. The predicted molar refractivity (Wildman–Crippen MR) is 170 cm³/mol. The maximum absolute atomic E-state index is 13.4. The average molecular weight is 629 g/mol. The van der Waals surface area contributed by atoms with E-state index in [4.69, 9.17) is 16.3 Å². The monoisotopic (exact) mass is 628 g/mol. The SMILES string of the molecule is CC1CCC[C@@H]([C@H](C)O)C2CCC2CN2CC3(CCCc4cc(Cl)ccc43)COc3ccc(cc32)C(=O)NS(=O)(=O)C1C. The number of rotatable bonds is 1. The highest BCUT2D eigenvalue weighted by molar-refractivity contribution is 7.90. The quantitative estimate of drug-likeness (QED) is 0.396. The molecule has 1 saturated carbocycles. The first-order chi connectivity index (χ1) is 20.5. The molecule has 234 valence electrons. The Balaban J connectivity index is 1.42. The Morgan fingerprint density at radius 2 is 1.91 bits per heavy atom. The molecule has 2 aromatic rings. The van der Waals surface area contributed by atoms with Gasteiger partial charge in [-0.15, -0.1) is 0 Å². The van der Waals surface area contributed by atoms with Crippen molar-refractivity contribution < 1.29 is 23.1 Å². The van der Waals surface area contributed by atoms with Crippen molar-refractivity contribution in [2.45, 2.75) is 88.9 Å². The number of aliphatic hydroxyl groups is 1. The molecule has 2 bridgehead atoms. The fourth-order valence-corrected chi connectivity index (χ4v) is 9.74. The van der Waals surface area contributed by atoms with Crippen molar-refractivity contribution in [1.29, 1.82) is 0 Å². The number of carbonyl (C=O) groups is 1. The molecule has 1 spiro atoms. The molecule has 2 heterocycles. The van der Waals surface area contributed by atoms with Crippen molar-refractivity contribution in [1.82, 2.24) is 4.72 Å². The number of sulfonamides is 1. The molecule has 0 aromatic heterocycles. The molecule has 1 amide bonds. The Morgan fingerprint density at radius 3 is 2.65 bits per heavy atom. The van der Waals surface area contributed by atoms with Crippen molar-refractivity contribution in [3.8, 4) is 5.75 Å². The molecule has 2 aliphatic heterocycles. The number of hydrogen-bond acceptors (Lipinski definition) is 6. The van der Waals surface area contributed by atoms with Gasteiger partial charge in [-0.3, -0.25) is 4.79 Å². The van der Waals surface area contributed by atoms with Gasteiger partial charge in [0.25, 0.3) is 5.91 Å². The molecule has 0 radical (unpaired) electrons. The Kier molecular flexibility index (Phi) is 8.50. The largest absolute Gasteiger partial charge is 0.490 e. The smallest absolute Gasteiger partial charge is 0.264 e. The summed E-state index contributed by atoms with van der Waals surface area (Å²) in [7, 11) is -3.88. The van der Waals surface area contributed by atoms with E-state index in [2.05, 4.69) is 21.8 Å². The molecule has 5 unspecified atom stereocenters. The van der Waals surface area contributed by atoms with Gasteiger partial charge in [0.1, 0.15) is 5.75 Å². The van der Waals surface area contributed by atoms with Crippen molar-refractivity contribution in [3.63, 3.8) is 0 Å². The van der Waals surface area contributed by atoms with E-state index in [0.29, 0.717) is 29.8 Å². The average Bonchev–Trinajstić information content (AvgIpc) is 3.10. The molecule has 7 atom stereocenters. The van der Waals surface area contributed by atoms with Gasteiger partial charge in [-0.25, -0.2) is 13.1 Å². The first-order valence-electron chi connectivity index (χ1n) is 16.0. The third-order valence-corrected chi connectivity index (χ3v) is 13.3. The number of ether oxygens (including phenoxy) is 1. The van der Waals surface area contributed by atoms with E-state index in [1.165, 1.54) is 11.1 Å². The van der Waals surface area contributed by atoms with Crippen molar-refractivity contribution in [2.75, 3.05) is 24.6 Å². The lowest BCUT2D eigenvalue weighted by Crippen LogP contribution is -2.49. The van der Waals surface area contributed by atoms with Crippen LogP contribution in [0.25, 0.3) is 0 Å². The zero-order valence-electron chi connectivity index (χ0n) is 25.5. The van der Waals surface area contributed by atoms with E-state index in [0.717, 1.165) is 75.2 Å². The van der Waals surface area contributed by atoms with Gasteiger partial charge < -0.3 is 14.7 Å². The number of nitrogens with zero attached hydrogens (tertiary/aromatic N) is 1. The summed E-state index contributed by atoms with van der Waals surface area (Å²) in [4.78, 5) is 15.8. The zero-order valence-corrected chi connectivity index (χ0v) is 27.1. The van der Waals surface area contributed by atoms with Gasteiger partial charge in [-0.05, 0) is 124 Å². The summed E-state index contributed by atoms with van der Waals surface area (Å²) in [5.74, 6) is 0.968. The topological polar surface area (TPSA) is 95.9 Å². The molecule has 2 aliphatic carbocycles. The van der Waals surface area contributed by atoms with Crippen LogP contribution in [0.5, 0.6) is 5.75 Å². The van der Waals surface area contributed by atoms with Crippen molar-refractivity contribution in [3.05, 3.63) is 58.1 Å². The molecule has 2 N–H and O–H groups in total. The van der Waals surface area contributed by atoms with Crippen LogP contribution in [0.4, 0.5) is 5.69 Å². The van der Waals surface area contributed by atoms with Gasteiger partial charge in [-0.2, -0.15) is 0 Å². The molecule has 0 saturated heterocycles. The first kappa shape index (κ1) is 30.7. The summed E-state index contributed by atoms with van der Waals surface area (Å²) in [5.41, 5.74) is 3.45. The summed E-state index contributed by atoms with van der Waals surface area (Å²) in [6.07, 6.45) is 7.22. The fourth-order valence-electron chi connectivity index (χ4n) is 8.23. The first-order valence-corrected chi connectivity index (χ1v) is 17.9. The lowest BCUT2D eigenvalue weighted by molar-refractivity contribution is 0.0112. The second kappa shape index (κ2) is 11.9. The van der Waals surface area contributed by atoms with Gasteiger partial charge in [0, 0.05) is 29.1 Å². The summed E-state index contributed by atoms with van der Waals surface area (Å²) in [5, 5.41) is 10.9. The Hall–Kier alpha value is -2.29. The third kappa shape index (κ3) is 5.91. The number of anilines is 1. The molecular formula is C34H45ClN2O5S. The number of fused-ring (bicyclic) bond motifs is 4. The highest BCUT2D eigenvalue weighted by Crippen LogP contribution is 2.48. The standard InChI is InChI=1S/C34H45ClN2O5S/c1-21-6-4-8-28(22(2)38)29-12-9-26(29)18-37-19-34(15-5-7-24-16-27(35)11-13-30(24)34)20-42-32-14-10-25(17-31(32)37)33(39)36-43(40,41)23(21)3/h10-11,13-14,16-17,21-23,26,28-29,38H,4-9,12,15,18-20H2,1-3H3,(H,36,39)/t21?,22-,23?,26?,28-,29?,34?/m0/s1. The predicted octanol–water partition coefficient (Wildman–Crippen LogP) is 6.10. The molecule has 43 heavy (non-hydrogen) atoms. The number of carbonyl (C=O) groups excluding carboxylic acids is 1. The summed E-state index contributed by atoms with van der Waals surface area (Å²) >= 11 is 6.41. The number of aliphatic hydroxyl groups excluding tert-OH is 1. The Labute approximate surface area is 261 Å². The molecular weight excluding hydrogens is 584 g/mol. The maximum Gasteiger partial charge on any atom is 0.264 e. The second-order valence-electron chi connectivity index (χ2n) is 13.8. The number of halogens is 1. The number of benzene rings is 2. The highest BCUT2D eigenvalue weighted by atomic mass is 35.5. The minimum absolute atomic E-state index is 0.120. The summed E-state index contributed by atoms with van der Waals surface area (Å²) in [6.45, 7) is 7.57. The van der Waals surface area contributed by atoms with E-state index < -0.39 is 27.3 Å². The number of hydrogen-bond donors (Lipinski definition) is 2. The molecule has 2 aromatic carbocycles. The molecule has 1 fully saturated rings. The van der Waals surface area contributed by atoms with Gasteiger partial charge in [0.15, 0.2) is 0 Å². The van der Waals surface area contributed by atoms with Gasteiger partial charge in [-0.1, -0.05) is 31.0 Å². The van der Waals surface area contributed by atoms with Crippen LogP contribution in [-0.2, 0) is 21.9 Å². The van der Waals surface area contributed by atoms with Gasteiger partial charge >= 0.3 is 0 Å². The van der Waals surface area contributed by atoms with Crippen molar-refractivity contribution in [2.24, 2.45) is 23.7 Å². The van der Waals surface area contributed by atoms with Crippen LogP contribution in [0.1, 0.15) is 87.2 Å². The molecule has 6 rings (SSSR count). The van der Waals surface area contributed by atoms with E-state index in [-0.39, 0.29) is 17.3 Å². The minimum atomic E-state index is -3.88. The van der Waals surface area contributed by atoms with Crippen molar-refractivity contribution >= 4 is 33.2 Å².